The van der Waals surface area contributed by atoms with Crippen LogP contribution in [-0.2, 0) is 4.79 Å². The van der Waals surface area contributed by atoms with E-state index in [-0.39, 0.29) is 5.91 Å². The standard InChI is InChI=1S/C13H20N2OS/c1-10(2)7-8-17-9-13(16)15-12-6-4-3-5-11(12)14/h3-6,10H,7-9,14H2,1-2H3,(H,15,16). The molecule has 3 nitrogen and oxygen atoms in total. The van der Waals surface area contributed by atoms with Crippen LogP contribution in [0.15, 0.2) is 24.3 Å². The summed E-state index contributed by atoms with van der Waals surface area (Å²) in [6.07, 6.45) is 1.14. The van der Waals surface area contributed by atoms with Crippen LogP contribution in [0.25, 0.3) is 0 Å². The van der Waals surface area contributed by atoms with Crippen molar-refractivity contribution in [3.8, 4) is 0 Å². The van der Waals surface area contributed by atoms with E-state index in [4.69, 9.17) is 5.73 Å². The van der Waals surface area contributed by atoms with Gasteiger partial charge in [-0.05, 0) is 30.2 Å². The maximum atomic E-state index is 11.6. The number of thioether (sulfide) groups is 1. The summed E-state index contributed by atoms with van der Waals surface area (Å²) in [5.74, 6) is 2.21. The minimum atomic E-state index is 0.0108. The molecule has 0 radical (unpaired) electrons. The van der Waals surface area contributed by atoms with Gasteiger partial charge in [0.05, 0.1) is 17.1 Å². The second-order valence-corrected chi connectivity index (χ2v) is 5.48. The number of nitrogens with one attached hydrogen (secondary N) is 1. The predicted molar refractivity (Wildman–Crippen MR) is 76.3 cm³/mol. The van der Waals surface area contributed by atoms with Crippen molar-refractivity contribution in [1.82, 2.24) is 0 Å². The Kier molecular flexibility index (Phi) is 5.91. The van der Waals surface area contributed by atoms with E-state index >= 15 is 0 Å². The van der Waals surface area contributed by atoms with Crippen molar-refractivity contribution in [2.45, 2.75) is 20.3 Å². The number of hydrogen-bond donors (Lipinski definition) is 2. The van der Waals surface area contributed by atoms with Crippen LogP contribution in [0.2, 0.25) is 0 Å². The van der Waals surface area contributed by atoms with Crippen molar-refractivity contribution in [3.63, 3.8) is 0 Å². The van der Waals surface area contributed by atoms with Gasteiger partial charge in [0, 0.05) is 0 Å². The van der Waals surface area contributed by atoms with Gasteiger partial charge in [-0.1, -0.05) is 26.0 Å². The molecule has 0 spiro atoms. The van der Waals surface area contributed by atoms with Gasteiger partial charge in [-0.2, -0.15) is 11.8 Å². The zero-order valence-corrected chi connectivity index (χ0v) is 11.2. The number of hydrogen-bond acceptors (Lipinski definition) is 3. The van der Waals surface area contributed by atoms with E-state index in [0.29, 0.717) is 23.0 Å². The lowest BCUT2D eigenvalue weighted by Crippen LogP contribution is -2.15. The van der Waals surface area contributed by atoms with Crippen molar-refractivity contribution in [2.75, 3.05) is 22.6 Å². The maximum Gasteiger partial charge on any atom is 0.234 e. The first kappa shape index (κ1) is 13.9. The molecule has 0 aliphatic rings. The quantitative estimate of drug-likeness (QED) is 0.604. The lowest BCUT2D eigenvalue weighted by molar-refractivity contribution is -0.113. The molecule has 3 N–H and O–H groups in total. The minimum Gasteiger partial charge on any atom is -0.397 e. The zero-order chi connectivity index (χ0) is 12.7. The Morgan fingerprint density at radius 2 is 2.12 bits per heavy atom. The van der Waals surface area contributed by atoms with Gasteiger partial charge >= 0.3 is 0 Å². The van der Waals surface area contributed by atoms with Gasteiger partial charge in [-0.3, -0.25) is 4.79 Å². The van der Waals surface area contributed by atoms with Crippen LogP contribution in [0.4, 0.5) is 11.4 Å². The number of amides is 1. The third kappa shape index (κ3) is 5.63. The highest BCUT2D eigenvalue weighted by Crippen LogP contribution is 2.17. The topological polar surface area (TPSA) is 55.1 Å². The number of nitrogens with two attached hydrogens (primary N) is 1. The first-order chi connectivity index (χ1) is 8.09. The summed E-state index contributed by atoms with van der Waals surface area (Å²) in [6, 6.07) is 7.30. The summed E-state index contributed by atoms with van der Waals surface area (Å²) in [6.45, 7) is 4.37. The normalized spacial score (nSPS) is 10.5. The predicted octanol–water partition coefficient (Wildman–Crippen LogP) is 2.99. The number of benzene rings is 1. The molecule has 17 heavy (non-hydrogen) atoms. The second kappa shape index (κ2) is 7.22. The molecular weight excluding hydrogens is 232 g/mol. The van der Waals surface area contributed by atoms with E-state index in [0.717, 1.165) is 12.2 Å². The highest BCUT2D eigenvalue weighted by molar-refractivity contribution is 7.99. The first-order valence-corrected chi connectivity index (χ1v) is 6.97. The number of carbonyl (C=O) groups is 1. The van der Waals surface area contributed by atoms with E-state index in [1.165, 1.54) is 0 Å². The van der Waals surface area contributed by atoms with Crippen LogP contribution >= 0.6 is 11.8 Å². The van der Waals surface area contributed by atoms with Crippen LogP contribution in [0.1, 0.15) is 20.3 Å². The van der Waals surface area contributed by atoms with E-state index in [1.807, 2.05) is 18.2 Å². The van der Waals surface area contributed by atoms with Crippen molar-refractivity contribution in [2.24, 2.45) is 5.92 Å². The molecule has 0 saturated carbocycles. The monoisotopic (exact) mass is 252 g/mol. The fourth-order valence-corrected chi connectivity index (χ4v) is 2.32. The summed E-state index contributed by atoms with van der Waals surface area (Å²) in [5, 5.41) is 2.81. The molecule has 0 fully saturated rings. The molecule has 0 unspecified atom stereocenters. The second-order valence-electron chi connectivity index (χ2n) is 4.37. The lowest BCUT2D eigenvalue weighted by atomic mass is 10.2. The van der Waals surface area contributed by atoms with Gasteiger partial charge in [0.1, 0.15) is 0 Å². The third-order valence-electron chi connectivity index (χ3n) is 2.31. The molecule has 0 atom stereocenters. The highest BCUT2D eigenvalue weighted by atomic mass is 32.2. The smallest absolute Gasteiger partial charge is 0.234 e. The van der Waals surface area contributed by atoms with Gasteiger partial charge < -0.3 is 11.1 Å². The Morgan fingerprint density at radius 3 is 2.76 bits per heavy atom. The average molecular weight is 252 g/mol. The number of para-hydroxylation sites is 2. The largest absolute Gasteiger partial charge is 0.397 e. The van der Waals surface area contributed by atoms with Crippen molar-refractivity contribution in [1.29, 1.82) is 0 Å². The molecule has 0 aliphatic heterocycles. The Balaban J connectivity index is 2.28. The van der Waals surface area contributed by atoms with Gasteiger partial charge in [0.2, 0.25) is 5.91 Å². The third-order valence-corrected chi connectivity index (χ3v) is 3.30. The molecule has 0 aromatic heterocycles. The summed E-state index contributed by atoms with van der Waals surface area (Å²) in [7, 11) is 0. The summed E-state index contributed by atoms with van der Waals surface area (Å²) < 4.78 is 0. The molecule has 94 valence electrons. The molecule has 4 heteroatoms. The Morgan fingerprint density at radius 1 is 1.41 bits per heavy atom. The molecular formula is C13H20N2OS. The van der Waals surface area contributed by atoms with Gasteiger partial charge in [-0.25, -0.2) is 0 Å². The summed E-state index contributed by atoms with van der Waals surface area (Å²) >= 11 is 1.66. The highest BCUT2D eigenvalue weighted by Gasteiger charge is 2.04. The van der Waals surface area contributed by atoms with Crippen molar-refractivity contribution < 1.29 is 4.79 Å². The molecule has 0 heterocycles. The molecule has 1 aromatic carbocycles. The lowest BCUT2D eigenvalue weighted by Gasteiger charge is -2.08. The Hall–Kier alpha value is -1.16. The van der Waals surface area contributed by atoms with Crippen LogP contribution in [0, 0.1) is 5.92 Å². The van der Waals surface area contributed by atoms with E-state index in [9.17, 15) is 4.79 Å². The molecule has 1 aromatic rings. The SMILES string of the molecule is CC(C)CCSCC(=O)Nc1ccccc1N. The number of nitrogen functional groups attached to an aromatic ring is 1. The molecule has 0 saturated heterocycles. The number of rotatable bonds is 6. The molecule has 1 rings (SSSR count). The molecule has 0 aliphatic carbocycles. The van der Waals surface area contributed by atoms with Crippen LogP contribution in [0.5, 0.6) is 0 Å². The summed E-state index contributed by atoms with van der Waals surface area (Å²) in [5.41, 5.74) is 7.04. The van der Waals surface area contributed by atoms with Crippen LogP contribution < -0.4 is 11.1 Å². The molecule has 0 bridgehead atoms. The van der Waals surface area contributed by atoms with Gasteiger partial charge in [0.25, 0.3) is 0 Å². The maximum absolute atomic E-state index is 11.6. The van der Waals surface area contributed by atoms with E-state index in [2.05, 4.69) is 19.2 Å². The first-order valence-electron chi connectivity index (χ1n) is 5.81. The fraction of sp³-hybridized carbons (Fsp3) is 0.462. The number of anilines is 2. The fourth-order valence-electron chi connectivity index (χ4n) is 1.28. The average Bonchev–Trinajstić information content (AvgIpc) is 2.27. The molecule has 1 amide bonds. The van der Waals surface area contributed by atoms with Crippen molar-refractivity contribution >= 4 is 29.0 Å². The Bertz CT molecular complexity index is 366. The zero-order valence-electron chi connectivity index (χ0n) is 10.4. The van der Waals surface area contributed by atoms with Gasteiger partial charge in [-0.15, -0.1) is 0 Å². The van der Waals surface area contributed by atoms with E-state index in [1.54, 1.807) is 17.8 Å². The van der Waals surface area contributed by atoms with E-state index < -0.39 is 0 Å². The minimum absolute atomic E-state index is 0.0108. The number of carbonyl (C=O) groups excluding carboxylic acids is 1. The summed E-state index contributed by atoms with van der Waals surface area (Å²) in [4.78, 5) is 11.6. The van der Waals surface area contributed by atoms with Crippen molar-refractivity contribution in [3.05, 3.63) is 24.3 Å². The van der Waals surface area contributed by atoms with Gasteiger partial charge in [0.15, 0.2) is 0 Å². The Labute approximate surface area is 107 Å². The van der Waals surface area contributed by atoms with Crippen LogP contribution in [0.3, 0.4) is 0 Å². The van der Waals surface area contributed by atoms with Crippen LogP contribution in [-0.4, -0.2) is 17.4 Å².